The predicted octanol–water partition coefficient (Wildman–Crippen LogP) is 1.68. The van der Waals surface area contributed by atoms with Gasteiger partial charge in [-0.05, 0) is 19.4 Å². The third-order valence-corrected chi connectivity index (χ3v) is 3.49. The Balaban J connectivity index is 2.32. The van der Waals surface area contributed by atoms with Gasteiger partial charge in [0.1, 0.15) is 5.56 Å². The number of rotatable bonds is 4. The molecule has 2 unspecified atom stereocenters. The Morgan fingerprint density at radius 1 is 1.52 bits per heavy atom. The molecule has 1 heterocycles. The molecule has 114 valence electrons. The van der Waals surface area contributed by atoms with Crippen molar-refractivity contribution in [2.75, 3.05) is 19.0 Å². The minimum absolute atomic E-state index is 0.0291. The van der Waals surface area contributed by atoms with Gasteiger partial charge < -0.3 is 15.4 Å². The zero-order valence-electron chi connectivity index (χ0n) is 11.7. The normalized spacial score (nSPS) is 21.1. The first-order chi connectivity index (χ1) is 9.93. The van der Waals surface area contributed by atoms with Gasteiger partial charge in [0, 0.05) is 13.7 Å². The molecule has 21 heavy (non-hydrogen) atoms. The summed E-state index contributed by atoms with van der Waals surface area (Å²) < 4.78 is 18.9. The van der Waals surface area contributed by atoms with Crippen LogP contribution in [0.2, 0.25) is 0 Å². The quantitative estimate of drug-likeness (QED) is 0.651. The van der Waals surface area contributed by atoms with Crippen molar-refractivity contribution in [3.8, 4) is 0 Å². The lowest BCUT2D eigenvalue weighted by Crippen LogP contribution is -2.39. The number of carbonyl (C=O) groups excluding carboxylic acids is 1. The van der Waals surface area contributed by atoms with Crippen molar-refractivity contribution in [3.63, 3.8) is 0 Å². The van der Waals surface area contributed by atoms with Crippen LogP contribution in [0.3, 0.4) is 0 Å². The van der Waals surface area contributed by atoms with E-state index in [1.165, 1.54) is 7.05 Å². The molecule has 0 aromatic heterocycles. The molecule has 1 fully saturated rings. The second-order valence-electron chi connectivity index (χ2n) is 4.80. The van der Waals surface area contributed by atoms with E-state index in [1.807, 2.05) is 6.92 Å². The second-order valence-corrected chi connectivity index (χ2v) is 4.80. The molecular formula is C13H16FN3O4. The maximum atomic E-state index is 13.6. The van der Waals surface area contributed by atoms with Crippen molar-refractivity contribution in [2.45, 2.75) is 25.5 Å². The highest BCUT2D eigenvalue weighted by atomic mass is 19.1. The van der Waals surface area contributed by atoms with Gasteiger partial charge in [-0.2, -0.15) is 0 Å². The summed E-state index contributed by atoms with van der Waals surface area (Å²) in [6.45, 7) is 2.34. The molecule has 0 bridgehead atoms. The Labute approximate surface area is 120 Å². The summed E-state index contributed by atoms with van der Waals surface area (Å²) in [5, 5.41) is 16.2. The first-order valence-electron chi connectivity index (χ1n) is 6.52. The third-order valence-electron chi connectivity index (χ3n) is 3.49. The van der Waals surface area contributed by atoms with Gasteiger partial charge in [0.25, 0.3) is 11.6 Å². The number of ether oxygens (including phenoxy) is 1. The lowest BCUT2D eigenvalue weighted by Gasteiger charge is -2.16. The summed E-state index contributed by atoms with van der Waals surface area (Å²) in [5.74, 6) is -1.39. The summed E-state index contributed by atoms with van der Waals surface area (Å²) in [4.78, 5) is 22.5. The number of benzene rings is 1. The summed E-state index contributed by atoms with van der Waals surface area (Å²) >= 11 is 0. The summed E-state index contributed by atoms with van der Waals surface area (Å²) in [7, 11) is 1.47. The van der Waals surface area contributed by atoms with Crippen molar-refractivity contribution in [1.29, 1.82) is 0 Å². The van der Waals surface area contributed by atoms with Crippen LogP contribution >= 0.6 is 0 Å². The van der Waals surface area contributed by atoms with Crippen LogP contribution in [0.15, 0.2) is 12.1 Å². The molecule has 1 aromatic carbocycles. The number of nitro benzene ring substituents is 1. The zero-order valence-corrected chi connectivity index (χ0v) is 11.7. The highest BCUT2D eigenvalue weighted by Gasteiger charge is 2.29. The Kier molecular flexibility index (Phi) is 4.37. The van der Waals surface area contributed by atoms with Gasteiger partial charge >= 0.3 is 0 Å². The van der Waals surface area contributed by atoms with Gasteiger partial charge in [0.2, 0.25) is 0 Å². The number of nitrogens with one attached hydrogen (secondary N) is 2. The van der Waals surface area contributed by atoms with E-state index >= 15 is 0 Å². The SMILES string of the molecule is CNc1cc(C(=O)NC2CCOC2C)c([N+](=O)[O-])cc1F. The fourth-order valence-corrected chi connectivity index (χ4v) is 2.25. The van der Waals surface area contributed by atoms with Crippen LogP contribution in [0.4, 0.5) is 15.8 Å². The van der Waals surface area contributed by atoms with Gasteiger partial charge in [0.15, 0.2) is 5.82 Å². The largest absolute Gasteiger partial charge is 0.386 e. The van der Waals surface area contributed by atoms with Gasteiger partial charge in [-0.3, -0.25) is 14.9 Å². The second kappa shape index (κ2) is 6.04. The van der Waals surface area contributed by atoms with Crippen LogP contribution in [-0.2, 0) is 4.74 Å². The van der Waals surface area contributed by atoms with Gasteiger partial charge in [-0.1, -0.05) is 0 Å². The van der Waals surface area contributed by atoms with E-state index in [9.17, 15) is 19.3 Å². The van der Waals surface area contributed by atoms with E-state index in [0.717, 1.165) is 12.1 Å². The number of anilines is 1. The van der Waals surface area contributed by atoms with E-state index in [1.54, 1.807) is 0 Å². The molecule has 2 atom stereocenters. The minimum Gasteiger partial charge on any atom is -0.386 e. The molecule has 1 aliphatic rings. The fourth-order valence-electron chi connectivity index (χ4n) is 2.25. The van der Waals surface area contributed by atoms with Crippen LogP contribution < -0.4 is 10.6 Å². The molecular weight excluding hydrogens is 281 g/mol. The summed E-state index contributed by atoms with van der Waals surface area (Å²) in [6.07, 6.45) is 0.484. The molecule has 1 amide bonds. The number of halogens is 1. The van der Waals surface area contributed by atoms with E-state index in [2.05, 4.69) is 10.6 Å². The molecule has 1 aromatic rings. The minimum atomic E-state index is -0.779. The van der Waals surface area contributed by atoms with E-state index < -0.39 is 22.3 Å². The summed E-state index contributed by atoms with van der Waals surface area (Å²) in [6, 6.07) is 1.68. The Morgan fingerprint density at radius 3 is 2.76 bits per heavy atom. The number of amides is 1. The lowest BCUT2D eigenvalue weighted by molar-refractivity contribution is -0.385. The number of hydrogen-bond acceptors (Lipinski definition) is 5. The average Bonchev–Trinajstić information content (AvgIpc) is 2.83. The van der Waals surface area contributed by atoms with E-state index in [4.69, 9.17) is 4.74 Å². The maximum Gasteiger partial charge on any atom is 0.285 e. The fraction of sp³-hybridized carbons (Fsp3) is 0.462. The van der Waals surface area contributed by atoms with Crippen LogP contribution in [0.25, 0.3) is 0 Å². The van der Waals surface area contributed by atoms with Gasteiger partial charge in [0.05, 0.1) is 28.8 Å². The highest BCUT2D eigenvalue weighted by molar-refractivity contribution is 5.99. The van der Waals surface area contributed by atoms with Crippen LogP contribution in [0.5, 0.6) is 0 Å². The summed E-state index contributed by atoms with van der Waals surface area (Å²) in [5.41, 5.74) is -0.707. The standard InChI is InChI=1S/C13H16FN3O4/c1-7-10(3-4-21-7)16-13(18)8-5-11(15-2)9(14)6-12(8)17(19)20/h5-7,10,15H,3-4H2,1-2H3,(H,16,18). The Morgan fingerprint density at radius 2 is 2.24 bits per heavy atom. The van der Waals surface area contributed by atoms with Crippen molar-refractivity contribution < 1.29 is 18.8 Å². The molecule has 2 N–H and O–H groups in total. The van der Waals surface area contributed by atoms with Crippen molar-refractivity contribution in [1.82, 2.24) is 5.32 Å². The molecule has 8 heteroatoms. The van der Waals surface area contributed by atoms with Crippen LogP contribution in [0.1, 0.15) is 23.7 Å². The Bertz CT molecular complexity index is 579. The van der Waals surface area contributed by atoms with Gasteiger partial charge in [-0.25, -0.2) is 4.39 Å². The molecule has 0 saturated carbocycles. The molecule has 0 aliphatic carbocycles. The molecule has 0 radical (unpaired) electrons. The number of nitrogens with zero attached hydrogens (tertiary/aromatic N) is 1. The third kappa shape index (κ3) is 3.10. The molecule has 1 saturated heterocycles. The average molecular weight is 297 g/mol. The topological polar surface area (TPSA) is 93.5 Å². The highest BCUT2D eigenvalue weighted by Crippen LogP contribution is 2.26. The van der Waals surface area contributed by atoms with Crippen molar-refractivity contribution >= 4 is 17.3 Å². The maximum absolute atomic E-state index is 13.6. The Hall–Kier alpha value is -2.22. The number of carbonyl (C=O) groups is 1. The van der Waals surface area contributed by atoms with Gasteiger partial charge in [-0.15, -0.1) is 0 Å². The van der Waals surface area contributed by atoms with E-state index in [0.29, 0.717) is 13.0 Å². The smallest absolute Gasteiger partial charge is 0.285 e. The number of hydrogen-bond donors (Lipinski definition) is 2. The first-order valence-corrected chi connectivity index (χ1v) is 6.52. The van der Waals surface area contributed by atoms with Crippen molar-refractivity contribution in [3.05, 3.63) is 33.6 Å². The predicted molar refractivity (Wildman–Crippen MR) is 73.9 cm³/mol. The molecule has 2 rings (SSSR count). The van der Waals surface area contributed by atoms with Crippen molar-refractivity contribution in [2.24, 2.45) is 0 Å². The number of nitro groups is 1. The van der Waals surface area contributed by atoms with Crippen LogP contribution in [-0.4, -0.2) is 36.6 Å². The van der Waals surface area contributed by atoms with Crippen LogP contribution in [0, 0.1) is 15.9 Å². The zero-order chi connectivity index (χ0) is 15.6. The molecule has 1 aliphatic heterocycles. The monoisotopic (exact) mass is 297 g/mol. The molecule has 0 spiro atoms. The lowest BCUT2D eigenvalue weighted by atomic mass is 10.1. The molecule has 7 nitrogen and oxygen atoms in total. The first kappa shape index (κ1) is 15.2. The van der Waals surface area contributed by atoms with E-state index in [-0.39, 0.29) is 23.4 Å².